The highest BCUT2D eigenvalue weighted by atomic mass is 16.5. The Morgan fingerprint density at radius 2 is 1.85 bits per heavy atom. The molecule has 1 atom stereocenters. The van der Waals surface area contributed by atoms with Gasteiger partial charge in [0.05, 0.1) is 7.11 Å². The summed E-state index contributed by atoms with van der Waals surface area (Å²) in [4.78, 5) is 0. The molecule has 0 aliphatic heterocycles. The molecule has 2 aromatic rings. The van der Waals surface area contributed by atoms with Crippen LogP contribution in [0.25, 0.3) is 0 Å². The second kappa shape index (κ2) is 6.58. The minimum atomic E-state index is 0.298. The van der Waals surface area contributed by atoms with Crippen molar-refractivity contribution in [3.63, 3.8) is 0 Å². The number of hydrogen-bond donors (Lipinski definition) is 1. The molecule has 0 aliphatic rings. The van der Waals surface area contributed by atoms with Crippen LogP contribution in [-0.4, -0.2) is 7.11 Å². The molecule has 2 aromatic carbocycles. The Hall–Kier alpha value is -1.80. The first-order valence-electron chi connectivity index (χ1n) is 7.03. The van der Waals surface area contributed by atoms with Gasteiger partial charge in [0.25, 0.3) is 0 Å². The van der Waals surface area contributed by atoms with E-state index in [1.807, 2.05) is 12.1 Å². The third kappa shape index (κ3) is 3.61. The monoisotopic (exact) mass is 269 g/mol. The van der Waals surface area contributed by atoms with Crippen LogP contribution in [0.4, 0.5) is 0 Å². The fourth-order valence-electron chi connectivity index (χ4n) is 2.21. The molecule has 20 heavy (non-hydrogen) atoms. The molecule has 0 bridgehead atoms. The number of benzene rings is 2. The largest absolute Gasteiger partial charge is 0.497 e. The van der Waals surface area contributed by atoms with Crippen LogP contribution < -0.4 is 10.1 Å². The van der Waals surface area contributed by atoms with Gasteiger partial charge in [0.2, 0.25) is 0 Å². The Balaban J connectivity index is 2.00. The van der Waals surface area contributed by atoms with E-state index in [-0.39, 0.29) is 0 Å². The lowest BCUT2D eigenvalue weighted by atomic mass is 10.0. The van der Waals surface area contributed by atoms with Crippen molar-refractivity contribution in [1.82, 2.24) is 5.32 Å². The average molecular weight is 269 g/mol. The van der Waals surface area contributed by atoms with Crippen molar-refractivity contribution in [2.75, 3.05) is 7.11 Å². The van der Waals surface area contributed by atoms with E-state index in [0.29, 0.717) is 6.04 Å². The lowest BCUT2D eigenvalue weighted by Crippen LogP contribution is -2.18. The molecule has 2 rings (SSSR count). The smallest absolute Gasteiger partial charge is 0.119 e. The van der Waals surface area contributed by atoms with E-state index in [2.05, 4.69) is 56.4 Å². The summed E-state index contributed by atoms with van der Waals surface area (Å²) in [6.07, 6.45) is 0. The van der Waals surface area contributed by atoms with Crippen LogP contribution in [0.5, 0.6) is 5.75 Å². The van der Waals surface area contributed by atoms with Crippen LogP contribution in [0.3, 0.4) is 0 Å². The Morgan fingerprint density at radius 3 is 2.55 bits per heavy atom. The molecule has 0 radical (unpaired) electrons. The van der Waals surface area contributed by atoms with E-state index in [1.165, 1.54) is 22.3 Å². The predicted molar refractivity (Wildman–Crippen MR) is 84.2 cm³/mol. The van der Waals surface area contributed by atoms with E-state index < -0.39 is 0 Å². The number of ether oxygens (including phenoxy) is 1. The maximum atomic E-state index is 5.27. The molecule has 0 amide bonds. The van der Waals surface area contributed by atoms with Gasteiger partial charge in [0.15, 0.2) is 0 Å². The lowest BCUT2D eigenvalue weighted by Gasteiger charge is -2.15. The number of aryl methyl sites for hydroxylation is 2. The van der Waals surface area contributed by atoms with Crippen LogP contribution in [0, 0.1) is 13.8 Å². The highest BCUT2D eigenvalue weighted by molar-refractivity contribution is 5.31. The third-order valence-electron chi connectivity index (χ3n) is 3.78. The minimum absolute atomic E-state index is 0.298. The van der Waals surface area contributed by atoms with Gasteiger partial charge in [-0.3, -0.25) is 0 Å². The van der Waals surface area contributed by atoms with Crippen molar-refractivity contribution in [3.05, 3.63) is 64.7 Å². The summed E-state index contributed by atoms with van der Waals surface area (Å²) < 4.78 is 5.27. The number of hydrogen-bond acceptors (Lipinski definition) is 2. The lowest BCUT2D eigenvalue weighted by molar-refractivity contribution is 0.413. The summed E-state index contributed by atoms with van der Waals surface area (Å²) in [6, 6.07) is 15.1. The van der Waals surface area contributed by atoms with Crippen molar-refractivity contribution < 1.29 is 4.74 Å². The first-order chi connectivity index (χ1) is 9.60. The van der Waals surface area contributed by atoms with Crippen LogP contribution in [0.1, 0.15) is 35.2 Å². The molecule has 0 aliphatic carbocycles. The standard InChI is InChI=1S/C18H23NO/c1-13-8-9-16(10-14(13)2)12-19-15(3)17-6-5-7-18(11-17)20-4/h5-11,15,19H,12H2,1-4H3. The van der Waals surface area contributed by atoms with Gasteiger partial charge < -0.3 is 10.1 Å². The molecular weight excluding hydrogens is 246 g/mol. The summed E-state index contributed by atoms with van der Waals surface area (Å²) in [7, 11) is 1.70. The van der Waals surface area contributed by atoms with E-state index in [4.69, 9.17) is 4.74 Å². The van der Waals surface area contributed by atoms with Crippen molar-refractivity contribution in [1.29, 1.82) is 0 Å². The number of rotatable bonds is 5. The van der Waals surface area contributed by atoms with E-state index in [1.54, 1.807) is 7.11 Å². The topological polar surface area (TPSA) is 21.3 Å². The quantitative estimate of drug-likeness (QED) is 0.880. The maximum Gasteiger partial charge on any atom is 0.119 e. The van der Waals surface area contributed by atoms with Crippen LogP contribution in [0.2, 0.25) is 0 Å². The molecule has 0 fully saturated rings. The first-order valence-corrected chi connectivity index (χ1v) is 7.03. The van der Waals surface area contributed by atoms with Gasteiger partial charge in [-0.05, 0) is 55.2 Å². The van der Waals surface area contributed by atoms with Gasteiger partial charge in [-0.15, -0.1) is 0 Å². The van der Waals surface area contributed by atoms with Gasteiger partial charge in [0.1, 0.15) is 5.75 Å². The fourth-order valence-corrected chi connectivity index (χ4v) is 2.21. The zero-order valence-electron chi connectivity index (χ0n) is 12.7. The third-order valence-corrected chi connectivity index (χ3v) is 3.78. The Morgan fingerprint density at radius 1 is 1.05 bits per heavy atom. The van der Waals surface area contributed by atoms with Crippen LogP contribution in [-0.2, 0) is 6.54 Å². The molecule has 0 spiro atoms. The van der Waals surface area contributed by atoms with Crippen molar-refractivity contribution in [3.8, 4) is 5.75 Å². The molecular formula is C18H23NO. The minimum Gasteiger partial charge on any atom is -0.497 e. The van der Waals surface area contributed by atoms with E-state index >= 15 is 0 Å². The summed E-state index contributed by atoms with van der Waals surface area (Å²) in [5.74, 6) is 0.905. The van der Waals surface area contributed by atoms with Crippen molar-refractivity contribution in [2.45, 2.75) is 33.4 Å². The highest BCUT2D eigenvalue weighted by Gasteiger charge is 2.06. The predicted octanol–water partition coefficient (Wildman–Crippen LogP) is 4.16. The Labute approximate surface area is 121 Å². The van der Waals surface area contributed by atoms with Gasteiger partial charge in [0, 0.05) is 12.6 Å². The molecule has 1 unspecified atom stereocenters. The Bertz CT molecular complexity index is 577. The average Bonchev–Trinajstić information content (AvgIpc) is 2.48. The molecule has 106 valence electrons. The van der Waals surface area contributed by atoms with Crippen molar-refractivity contribution in [2.24, 2.45) is 0 Å². The van der Waals surface area contributed by atoms with Crippen LogP contribution >= 0.6 is 0 Å². The summed E-state index contributed by atoms with van der Waals surface area (Å²) >= 11 is 0. The van der Waals surface area contributed by atoms with Gasteiger partial charge in [-0.2, -0.15) is 0 Å². The molecule has 0 saturated carbocycles. The zero-order valence-corrected chi connectivity index (χ0v) is 12.7. The fraction of sp³-hybridized carbons (Fsp3) is 0.333. The maximum absolute atomic E-state index is 5.27. The molecule has 1 N–H and O–H groups in total. The summed E-state index contributed by atoms with van der Waals surface area (Å²) in [5, 5.41) is 3.56. The molecule has 0 aromatic heterocycles. The Kier molecular flexibility index (Phi) is 4.80. The summed E-state index contributed by atoms with van der Waals surface area (Å²) in [6.45, 7) is 7.35. The van der Waals surface area contributed by atoms with Gasteiger partial charge >= 0.3 is 0 Å². The van der Waals surface area contributed by atoms with Crippen molar-refractivity contribution >= 4 is 0 Å². The molecule has 2 heteroatoms. The van der Waals surface area contributed by atoms with Gasteiger partial charge in [-0.25, -0.2) is 0 Å². The number of nitrogens with one attached hydrogen (secondary N) is 1. The second-order valence-corrected chi connectivity index (χ2v) is 5.30. The first kappa shape index (κ1) is 14.6. The number of methoxy groups -OCH3 is 1. The second-order valence-electron chi connectivity index (χ2n) is 5.30. The van der Waals surface area contributed by atoms with E-state index in [9.17, 15) is 0 Å². The molecule has 0 saturated heterocycles. The molecule has 0 heterocycles. The van der Waals surface area contributed by atoms with Crippen LogP contribution in [0.15, 0.2) is 42.5 Å². The highest BCUT2D eigenvalue weighted by Crippen LogP contribution is 2.19. The zero-order chi connectivity index (χ0) is 14.5. The summed E-state index contributed by atoms with van der Waals surface area (Å²) in [5.41, 5.74) is 5.25. The van der Waals surface area contributed by atoms with Gasteiger partial charge in [-0.1, -0.05) is 30.3 Å². The molecule has 2 nitrogen and oxygen atoms in total. The SMILES string of the molecule is COc1cccc(C(C)NCc2ccc(C)c(C)c2)c1. The van der Waals surface area contributed by atoms with E-state index in [0.717, 1.165) is 12.3 Å². The normalized spacial score (nSPS) is 12.2.